The molecule has 1 aliphatic rings. The van der Waals surface area contributed by atoms with Gasteiger partial charge in [0.05, 0.1) is 7.11 Å². The highest BCUT2D eigenvalue weighted by Crippen LogP contribution is 2.28. The normalized spacial score (nSPS) is 13.0. The maximum atomic E-state index is 12.0. The molecular formula is C20H23N3O3. The number of amides is 3. The first-order valence-electron chi connectivity index (χ1n) is 8.68. The van der Waals surface area contributed by atoms with Crippen molar-refractivity contribution in [2.75, 3.05) is 12.4 Å². The zero-order valence-corrected chi connectivity index (χ0v) is 14.7. The number of carbonyl (C=O) groups excluding carboxylic acids is 2. The molecule has 0 spiro atoms. The van der Waals surface area contributed by atoms with Crippen molar-refractivity contribution in [3.63, 3.8) is 0 Å². The number of hydrogen-bond donors (Lipinski definition) is 3. The summed E-state index contributed by atoms with van der Waals surface area (Å²) < 4.78 is 5.11. The first-order valence-corrected chi connectivity index (χ1v) is 8.68. The van der Waals surface area contributed by atoms with Crippen LogP contribution >= 0.6 is 0 Å². The number of benzene rings is 2. The molecule has 0 aliphatic heterocycles. The predicted molar refractivity (Wildman–Crippen MR) is 99.9 cm³/mol. The standard InChI is InChI=1S/C20H23N3O3/c1-26-18-10-4-15(5-11-18)13-22-20(25)23-17-8-2-14(3-9-17)12-21-19(24)16-6-7-16/h2-5,8-11,16H,6-7,12-13H2,1H3,(H,21,24)(H2,22,23,25). The van der Waals surface area contributed by atoms with E-state index in [2.05, 4.69) is 16.0 Å². The van der Waals surface area contributed by atoms with Crippen LogP contribution in [0.15, 0.2) is 48.5 Å². The Morgan fingerprint density at radius 3 is 2.08 bits per heavy atom. The summed E-state index contributed by atoms with van der Waals surface area (Å²) in [6.45, 7) is 0.945. The van der Waals surface area contributed by atoms with Gasteiger partial charge >= 0.3 is 6.03 Å². The lowest BCUT2D eigenvalue weighted by atomic mass is 10.2. The van der Waals surface area contributed by atoms with Gasteiger partial charge in [0.2, 0.25) is 5.91 Å². The smallest absolute Gasteiger partial charge is 0.319 e. The van der Waals surface area contributed by atoms with Crippen molar-refractivity contribution < 1.29 is 14.3 Å². The number of rotatable bonds is 7. The maximum absolute atomic E-state index is 12.0. The van der Waals surface area contributed by atoms with E-state index in [9.17, 15) is 9.59 Å². The molecule has 0 unspecified atom stereocenters. The van der Waals surface area contributed by atoms with E-state index >= 15 is 0 Å². The Morgan fingerprint density at radius 2 is 1.50 bits per heavy atom. The number of carbonyl (C=O) groups is 2. The second kappa shape index (κ2) is 8.38. The molecule has 1 saturated carbocycles. The molecule has 0 atom stereocenters. The molecule has 0 radical (unpaired) electrons. The fraction of sp³-hybridized carbons (Fsp3) is 0.300. The van der Waals surface area contributed by atoms with E-state index in [1.54, 1.807) is 7.11 Å². The van der Waals surface area contributed by atoms with E-state index < -0.39 is 0 Å². The zero-order chi connectivity index (χ0) is 18.4. The van der Waals surface area contributed by atoms with Gasteiger partial charge in [-0.05, 0) is 48.2 Å². The Kier molecular flexibility index (Phi) is 5.73. The van der Waals surface area contributed by atoms with E-state index in [1.807, 2.05) is 48.5 Å². The lowest BCUT2D eigenvalue weighted by Crippen LogP contribution is -2.28. The minimum Gasteiger partial charge on any atom is -0.497 e. The third kappa shape index (κ3) is 5.24. The van der Waals surface area contributed by atoms with Crippen LogP contribution in [0.1, 0.15) is 24.0 Å². The summed E-state index contributed by atoms with van der Waals surface area (Å²) >= 11 is 0. The lowest BCUT2D eigenvalue weighted by molar-refractivity contribution is -0.122. The van der Waals surface area contributed by atoms with Gasteiger partial charge in [-0.15, -0.1) is 0 Å². The lowest BCUT2D eigenvalue weighted by Gasteiger charge is -2.09. The number of methoxy groups -OCH3 is 1. The Labute approximate surface area is 152 Å². The number of urea groups is 1. The minimum atomic E-state index is -0.268. The SMILES string of the molecule is COc1ccc(CNC(=O)Nc2ccc(CNC(=O)C3CC3)cc2)cc1. The molecule has 26 heavy (non-hydrogen) atoms. The predicted octanol–water partition coefficient (Wildman–Crippen LogP) is 3.04. The Hall–Kier alpha value is -3.02. The monoisotopic (exact) mass is 353 g/mol. The molecule has 3 rings (SSSR count). The van der Waals surface area contributed by atoms with Gasteiger partial charge in [0.25, 0.3) is 0 Å². The van der Waals surface area contributed by atoms with E-state index in [0.717, 1.165) is 29.7 Å². The van der Waals surface area contributed by atoms with Crippen LogP contribution in [0.5, 0.6) is 5.75 Å². The van der Waals surface area contributed by atoms with Gasteiger partial charge in [-0.25, -0.2) is 4.79 Å². The molecule has 136 valence electrons. The number of hydrogen-bond acceptors (Lipinski definition) is 3. The number of anilines is 1. The van der Waals surface area contributed by atoms with Gasteiger partial charge in [-0.3, -0.25) is 4.79 Å². The highest BCUT2D eigenvalue weighted by Gasteiger charge is 2.29. The van der Waals surface area contributed by atoms with Crippen LogP contribution in [0.2, 0.25) is 0 Å². The largest absolute Gasteiger partial charge is 0.497 e. The molecule has 3 amide bonds. The molecule has 6 nitrogen and oxygen atoms in total. The Bertz CT molecular complexity index is 753. The molecule has 0 heterocycles. The van der Waals surface area contributed by atoms with E-state index in [1.165, 1.54) is 0 Å². The summed E-state index contributed by atoms with van der Waals surface area (Å²) in [6.07, 6.45) is 2.00. The van der Waals surface area contributed by atoms with Crippen molar-refractivity contribution in [1.82, 2.24) is 10.6 Å². The van der Waals surface area contributed by atoms with Crippen LogP contribution in [0.25, 0.3) is 0 Å². The molecule has 3 N–H and O–H groups in total. The van der Waals surface area contributed by atoms with E-state index in [-0.39, 0.29) is 17.9 Å². The summed E-state index contributed by atoms with van der Waals surface area (Å²) in [7, 11) is 1.62. The second-order valence-corrected chi connectivity index (χ2v) is 6.34. The molecule has 2 aromatic rings. The second-order valence-electron chi connectivity index (χ2n) is 6.34. The van der Waals surface area contributed by atoms with Gasteiger partial charge in [-0.1, -0.05) is 24.3 Å². The summed E-state index contributed by atoms with van der Waals surface area (Å²) in [5.74, 6) is 1.13. The van der Waals surface area contributed by atoms with Crippen LogP contribution in [-0.4, -0.2) is 19.0 Å². The molecular weight excluding hydrogens is 330 g/mol. The summed E-state index contributed by atoms with van der Waals surface area (Å²) in [5.41, 5.74) is 2.69. The highest BCUT2D eigenvalue weighted by atomic mass is 16.5. The summed E-state index contributed by atoms with van der Waals surface area (Å²) in [5, 5.41) is 8.52. The van der Waals surface area contributed by atoms with Crippen LogP contribution in [0.3, 0.4) is 0 Å². The zero-order valence-electron chi connectivity index (χ0n) is 14.7. The van der Waals surface area contributed by atoms with Crippen LogP contribution < -0.4 is 20.7 Å². The van der Waals surface area contributed by atoms with Gasteiger partial charge in [0, 0.05) is 24.7 Å². The molecule has 6 heteroatoms. The average molecular weight is 353 g/mol. The molecule has 2 aromatic carbocycles. The molecule has 0 saturated heterocycles. The molecule has 1 fully saturated rings. The first kappa shape index (κ1) is 17.8. The van der Waals surface area contributed by atoms with Gasteiger partial charge < -0.3 is 20.7 Å². The van der Waals surface area contributed by atoms with Gasteiger partial charge in [0.15, 0.2) is 0 Å². The minimum absolute atomic E-state index is 0.130. The fourth-order valence-corrected chi connectivity index (χ4v) is 2.49. The summed E-state index contributed by atoms with van der Waals surface area (Å²) in [4.78, 5) is 23.6. The van der Waals surface area contributed by atoms with Crippen molar-refractivity contribution in [3.8, 4) is 5.75 Å². The van der Waals surface area contributed by atoms with Crippen molar-refractivity contribution >= 4 is 17.6 Å². The van der Waals surface area contributed by atoms with Gasteiger partial charge in [0.1, 0.15) is 5.75 Å². The fourth-order valence-electron chi connectivity index (χ4n) is 2.49. The van der Waals surface area contributed by atoms with Gasteiger partial charge in [-0.2, -0.15) is 0 Å². The molecule has 1 aliphatic carbocycles. The van der Waals surface area contributed by atoms with Crippen molar-refractivity contribution in [2.24, 2.45) is 5.92 Å². The topological polar surface area (TPSA) is 79.5 Å². The first-order chi connectivity index (χ1) is 12.6. The Morgan fingerprint density at radius 1 is 0.923 bits per heavy atom. The van der Waals surface area contributed by atoms with Crippen molar-refractivity contribution in [1.29, 1.82) is 0 Å². The molecule has 0 aromatic heterocycles. The van der Waals surface area contributed by atoms with Crippen LogP contribution in [-0.2, 0) is 17.9 Å². The number of ether oxygens (including phenoxy) is 1. The highest BCUT2D eigenvalue weighted by molar-refractivity contribution is 5.89. The van der Waals surface area contributed by atoms with Crippen LogP contribution in [0, 0.1) is 5.92 Å². The van der Waals surface area contributed by atoms with E-state index in [4.69, 9.17) is 4.74 Å². The third-order valence-electron chi connectivity index (χ3n) is 4.24. The van der Waals surface area contributed by atoms with Crippen LogP contribution in [0.4, 0.5) is 10.5 Å². The Balaban J connectivity index is 1.42. The van der Waals surface area contributed by atoms with Crippen molar-refractivity contribution in [3.05, 3.63) is 59.7 Å². The van der Waals surface area contributed by atoms with Crippen molar-refractivity contribution in [2.45, 2.75) is 25.9 Å². The average Bonchev–Trinajstić information content (AvgIpc) is 3.51. The quantitative estimate of drug-likeness (QED) is 0.716. The maximum Gasteiger partial charge on any atom is 0.319 e. The van der Waals surface area contributed by atoms with E-state index in [0.29, 0.717) is 18.8 Å². The number of nitrogens with one attached hydrogen (secondary N) is 3. The summed E-state index contributed by atoms with van der Waals surface area (Å²) in [6, 6.07) is 14.7. The molecule has 0 bridgehead atoms. The third-order valence-corrected chi connectivity index (χ3v) is 4.24.